The van der Waals surface area contributed by atoms with Gasteiger partial charge in [0.15, 0.2) is 5.82 Å². The number of nitrogens with zero attached hydrogens (tertiary/aromatic N) is 3. The van der Waals surface area contributed by atoms with E-state index < -0.39 is 5.69 Å². The van der Waals surface area contributed by atoms with Gasteiger partial charge in [-0.05, 0) is 54.4 Å². The molecule has 0 aliphatic heterocycles. The SMILES string of the molecule is Cc1n[nH]c(=O)nc1NN=Cc1ccc(OCc2ccc(Cl)c(Cl)c2)cc1. The van der Waals surface area contributed by atoms with Gasteiger partial charge in [0.25, 0.3) is 0 Å². The summed E-state index contributed by atoms with van der Waals surface area (Å²) in [5.41, 5.74) is 4.47. The van der Waals surface area contributed by atoms with Gasteiger partial charge in [0.1, 0.15) is 18.1 Å². The second-order valence-electron chi connectivity index (χ2n) is 5.55. The van der Waals surface area contributed by atoms with Crippen molar-refractivity contribution < 1.29 is 4.74 Å². The van der Waals surface area contributed by atoms with E-state index in [-0.39, 0.29) is 0 Å². The van der Waals surface area contributed by atoms with E-state index in [1.165, 1.54) is 0 Å². The summed E-state index contributed by atoms with van der Waals surface area (Å²) < 4.78 is 5.73. The number of rotatable bonds is 6. The fourth-order valence-corrected chi connectivity index (χ4v) is 2.43. The minimum Gasteiger partial charge on any atom is -0.489 e. The zero-order valence-corrected chi connectivity index (χ0v) is 15.8. The molecule has 0 atom stereocenters. The van der Waals surface area contributed by atoms with Crippen LogP contribution in [0.4, 0.5) is 5.82 Å². The lowest BCUT2D eigenvalue weighted by atomic mass is 10.2. The number of aromatic amines is 1. The van der Waals surface area contributed by atoms with E-state index in [9.17, 15) is 4.79 Å². The number of nitrogens with one attached hydrogen (secondary N) is 2. The van der Waals surface area contributed by atoms with Gasteiger partial charge in [0.05, 0.1) is 16.3 Å². The highest BCUT2D eigenvalue weighted by Gasteiger charge is 2.02. The van der Waals surface area contributed by atoms with Crippen LogP contribution in [0.3, 0.4) is 0 Å². The first kappa shape index (κ1) is 18.9. The van der Waals surface area contributed by atoms with Crippen LogP contribution in [0.5, 0.6) is 5.75 Å². The highest BCUT2D eigenvalue weighted by molar-refractivity contribution is 6.42. The Morgan fingerprint density at radius 1 is 1.19 bits per heavy atom. The average molecular weight is 404 g/mol. The van der Waals surface area contributed by atoms with Crippen LogP contribution in [-0.2, 0) is 6.61 Å². The van der Waals surface area contributed by atoms with E-state index in [0.717, 1.165) is 11.1 Å². The molecule has 7 nitrogen and oxygen atoms in total. The van der Waals surface area contributed by atoms with Gasteiger partial charge in [0.2, 0.25) is 0 Å². The Morgan fingerprint density at radius 3 is 2.70 bits per heavy atom. The number of halogens is 2. The molecule has 0 aliphatic carbocycles. The third-order valence-electron chi connectivity index (χ3n) is 3.53. The van der Waals surface area contributed by atoms with Crippen molar-refractivity contribution in [2.75, 3.05) is 5.43 Å². The van der Waals surface area contributed by atoms with Crippen LogP contribution >= 0.6 is 23.2 Å². The second kappa shape index (κ2) is 8.66. The first-order valence-corrected chi connectivity index (χ1v) is 8.66. The fourth-order valence-electron chi connectivity index (χ4n) is 2.11. The largest absolute Gasteiger partial charge is 0.489 e. The number of H-pyrrole nitrogens is 1. The first-order valence-electron chi connectivity index (χ1n) is 7.90. The lowest BCUT2D eigenvalue weighted by Gasteiger charge is -2.07. The average Bonchev–Trinajstić information content (AvgIpc) is 2.66. The highest BCUT2D eigenvalue weighted by atomic mass is 35.5. The van der Waals surface area contributed by atoms with Gasteiger partial charge in [-0.3, -0.25) is 5.43 Å². The predicted octanol–water partition coefficient (Wildman–Crippen LogP) is 3.81. The van der Waals surface area contributed by atoms with Crippen molar-refractivity contribution in [1.29, 1.82) is 0 Å². The minimum atomic E-state index is -0.540. The number of hydrogen-bond donors (Lipinski definition) is 2. The van der Waals surface area contributed by atoms with Crippen LogP contribution in [0.1, 0.15) is 16.8 Å². The van der Waals surface area contributed by atoms with Gasteiger partial charge in [-0.15, -0.1) is 0 Å². The summed E-state index contributed by atoms with van der Waals surface area (Å²) >= 11 is 11.9. The van der Waals surface area contributed by atoms with Gasteiger partial charge in [-0.25, -0.2) is 9.89 Å². The maximum absolute atomic E-state index is 11.2. The molecular weight excluding hydrogens is 389 g/mol. The van der Waals surface area contributed by atoms with Crippen LogP contribution in [0.15, 0.2) is 52.4 Å². The van der Waals surface area contributed by atoms with E-state index in [1.54, 1.807) is 25.3 Å². The van der Waals surface area contributed by atoms with Crippen molar-refractivity contribution in [2.45, 2.75) is 13.5 Å². The third kappa shape index (κ3) is 5.29. The summed E-state index contributed by atoms with van der Waals surface area (Å²) in [4.78, 5) is 14.9. The summed E-state index contributed by atoms with van der Waals surface area (Å²) in [5.74, 6) is 1.01. The van der Waals surface area contributed by atoms with Crippen molar-refractivity contribution in [3.63, 3.8) is 0 Å². The van der Waals surface area contributed by atoms with Crippen molar-refractivity contribution in [3.8, 4) is 5.75 Å². The van der Waals surface area contributed by atoms with Crippen LogP contribution in [-0.4, -0.2) is 21.4 Å². The van der Waals surface area contributed by atoms with Crippen LogP contribution in [0.25, 0.3) is 0 Å². The smallest absolute Gasteiger partial charge is 0.363 e. The van der Waals surface area contributed by atoms with Gasteiger partial charge in [-0.1, -0.05) is 29.3 Å². The molecule has 0 fully saturated rings. The van der Waals surface area contributed by atoms with Crippen molar-refractivity contribution in [2.24, 2.45) is 5.10 Å². The summed E-state index contributed by atoms with van der Waals surface area (Å²) in [5, 5.41) is 11.1. The van der Waals surface area contributed by atoms with Gasteiger partial charge in [0, 0.05) is 0 Å². The van der Waals surface area contributed by atoms with Crippen molar-refractivity contribution in [1.82, 2.24) is 15.2 Å². The summed E-state index contributed by atoms with van der Waals surface area (Å²) in [6, 6.07) is 12.7. The molecule has 0 radical (unpaired) electrons. The topological polar surface area (TPSA) is 92.3 Å². The maximum atomic E-state index is 11.2. The number of ether oxygens (including phenoxy) is 1. The Kier molecular flexibility index (Phi) is 6.05. The monoisotopic (exact) mass is 403 g/mol. The quantitative estimate of drug-likeness (QED) is 0.482. The second-order valence-corrected chi connectivity index (χ2v) is 6.37. The molecule has 0 spiro atoms. The molecule has 0 amide bonds. The zero-order valence-electron chi connectivity index (χ0n) is 14.2. The van der Waals surface area contributed by atoms with Gasteiger partial charge >= 0.3 is 5.69 Å². The summed E-state index contributed by atoms with van der Waals surface area (Å²) in [6.07, 6.45) is 1.60. The number of benzene rings is 2. The number of aromatic nitrogens is 3. The van der Waals surface area contributed by atoms with Gasteiger partial charge in [-0.2, -0.15) is 15.2 Å². The zero-order chi connectivity index (χ0) is 19.2. The number of anilines is 1. The molecule has 1 heterocycles. The number of aryl methyl sites for hydroxylation is 1. The fraction of sp³-hybridized carbons (Fsp3) is 0.111. The number of hydrazone groups is 1. The molecule has 0 unspecified atom stereocenters. The minimum absolute atomic E-state index is 0.302. The Morgan fingerprint density at radius 2 is 1.96 bits per heavy atom. The van der Waals surface area contributed by atoms with E-state index >= 15 is 0 Å². The highest BCUT2D eigenvalue weighted by Crippen LogP contribution is 2.23. The van der Waals surface area contributed by atoms with E-state index in [2.05, 4.69) is 25.7 Å². The van der Waals surface area contributed by atoms with Crippen molar-refractivity contribution >= 4 is 35.2 Å². The third-order valence-corrected chi connectivity index (χ3v) is 4.27. The molecule has 1 aromatic heterocycles. The molecule has 2 N–H and O–H groups in total. The Bertz CT molecular complexity index is 1020. The molecule has 0 saturated carbocycles. The normalized spacial score (nSPS) is 10.9. The summed E-state index contributed by atoms with van der Waals surface area (Å²) in [6.45, 7) is 2.09. The van der Waals surface area contributed by atoms with E-state index in [0.29, 0.717) is 33.9 Å². The Hall–Kier alpha value is -2.90. The Balaban J connectivity index is 1.57. The molecule has 27 heavy (non-hydrogen) atoms. The summed E-state index contributed by atoms with van der Waals surface area (Å²) in [7, 11) is 0. The molecule has 0 saturated heterocycles. The molecule has 3 rings (SSSR count). The lowest BCUT2D eigenvalue weighted by molar-refractivity contribution is 0.306. The van der Waals surface area contributed by atoms with E-state index in [4.69, 9.17) is 27.9 Å². The van der Waals surface area contributed by atoms with Gasteiger partial charge < -0.3 is 4.74 Å². The molecule has 0 aliphatic rings. The van der Waals surface area contributed by atoms with Crippen molar-refractivity contribution in [3.05, 3.63) is 79.8 Å². The number of hydrogen-bond acceptors (Lipinski definition) is 6. The Labute approximate surface area is 165 Å². The standard InChI is InChI=1S/C18H15Cl2N5O2/c1-11-17(22-18(26)25-23-11)24-21-9-12-2-5-14(6-3-12)27-10-13-4-7-15(19)16(20)8-13/h2-9H,10H2,1H3,(H2,22,24,25,26). The van der Waals surface area contributed by atoms with E-state index in [1.807, 2.05) is 30.3 Å². The molecular formula is C18H15Cl2N5O2. The lowest BCUT2D eigenvalue weighted by Crippen LogP contribution is -2.15. The maximum Gasteiger partial charge on any atom is 0.363 e. The molecule has 2 aromatic carbocycles. The van der Waals surface area contributed by atoms with Crippen LogP contribution in [0.2, 0.25) is 10.0 Å². The molecule has 138 valence electrons. The molecule has 9 heteroatoms. The van der Waals surface area contributed by atoms with Crippen LogP contribution < -0.4 is 15.9 Å². The molecule has 0 bridgehead atoms. The van der Waals surface area contributed by atoms with Crippen LogP contribution in [0, 0.1) is 6.92 Å². The first-order chi connectivity index (χ1) is 13.0. The predicted molar refractivity (Wildman–Crippen MR) is 106 cm³/mol. The molecule has 3 aromatic rings.